The second-order valence-electron chi connectivity index (χ2n) is 5.71. The van der Waals surface area contributed by atoms with Gasteiger partial charge in [-0.1, -0.05) is 31.7 Å². The van der Waals surface area contributed by atoms with E-state index < -0.39 is 0 Å². The molecule has 6 nitrogen and oxygen atoms in total. The second-order valence-corrected chi connectivity index (χ2v) is 5.71. The van der Waals surface area contributed by atoms with Gasteiger partial charge in [0, 0.05) is 25.0 Å². The van der Waals surface area contributed by atoms with Crippen molar-refractivity contribution in [2.45, 2.75) is 51.1 Å². The van der Waals surface area contributed by atoms with Crippen molar-refractivity contribution in [1.29, 1.82) is 0 Å². The topological polar surface area (TPSA) is 75.6 Å². The SMILES string of the molecule is c1cncc(CNc2nncc(NC3CCCCCC3)n2)c1. The molecule has 1 aliphatic carbocycles. The molecular formula is C16H22N6. The van der Waals surface area contributed by atoms with Gasteiger partial charge < -0.3 is 10.6 Å². The molecule has 0 aliphatic heterocycles. The maximum Gasteiger partial charge on any atom is 0.244 e. The Hall–Kier alpha value is -2.24. The van der Waals surface area contributed by atoms with Crippen LogP contribution in [0.1, 0.15) is 44.1 Å². The third-order valence-corrected chi connectivity index (χ3v) is 3.94. The van der Waals surface area contributed by atoms with E-state index in [4.69, 9.17) is 0 Å². The van der Waals surface area contributed by atoms with Crippen LogP contribution in [0.2, 0.25) is 0 Å². The van der Waals surface area contributed by atoms with Gasteiger partial charge in [-0.05, 0) is 24.5 Å². The molecule has 2 aromatic rings. The Morgan fingerprint density at radius 1 is 1.09 bits per heavy atom. The standard InChI is InChI=1S/C16H22N6/c1-2-4-8-14(7-3-1)20-15-12-19-22-16(21-15)18-11-13-6-5-9-17-10-13/h5-6,9-10,12,14H,1-4,7-8,11H2,(H2,18,20,21,22). The highest BCUT2D eigenvalue weighted by Gasteiger charge is 2.12. The summed E-state index contributed by atoms with van der Waals surface area (Å²) in [7, 11) is 0. The molecule has 6 heteroatoms. The Labute approximate surface area is 130 Å². The molecular weight excluding hydrogens is 276 g/mol. The maximum absolute atomic E-state index is 4.50. The lowest BCUT2D eigenvalue weighted by atomic mass is 10.1. The number of anilines is 2. The Morgan fingerprint density at radius 3 is 2.73 bits per heavy atom. The van der Waals surface area contributed by atoms with Crippen molar-refractivity contribution in [2.24, 2.45) is 0 Å². The fourth-order valence-corrected chi connectivity index (χ4v) is 2.76. The zero-order chi connectivity index (χ0) is 15.0. The van der Waals surface area contributed by atoms with E-state index >= 15 is 0 Å². The average molecular weight is 298 g/mol. The van der Waals surface area contributed by atoms with E-state index in [0.717, 1.165) is 11.4 Å². The monoisotopic (exact) mass is 298 g/mol. The van der Waals surface area contributed by atoms with E-state index in [0.29, 0.717) is 18.5 Å². The minimum Gasteiger partial charge on any atom is -0.366 e. The predicted molar refractivity (Wildman–Crippen MR) is 86.5 cm³/mol. The molecule has 2 aromatic heterocycles. The minimum atomic E-state index is 0.505. The van der Waals surface area contributed by atoms with E-state index in [1.807, 2.05) is 18.3 Å². The first-order chi connectivity index (χ1) is 10.9. The van der Waals surface area contributed by atoms with Crippen molar-refractivity contribution in [3.05, 3.63) is 36.3 Å². The van der Waals surface area contributed by atoms with Gasteiger partial charge in [0.05, 0.1) is 6.20 Å². The maximum atomic E-state index is 4.50. The summed E-state index contributed by atoms with van der Waals surface area (Å²) in [4.78, 5) is 8.59. The summed E-state index contributed by atoms with van der Waals surface area (Å²) >= 11 is 0. The van der Waals surface area contributed by atoms with E-state index in [1.54, 1.807) is 12.4 Å². The summed E-state index contributed by atoms with van der Waals surface area (Å²) < 4.78 is 0. The molecule has 1 aliphatic rings. The number of nitrogens with one attached hydrogen (secondary N) is 2. The first-order valence-electron chi connectivity index (χ1n) is 7.99. The zero-order valence-electron chi connectivity index (χ0n) is 12.7. The molecule has 1 saturated carbocycles. The minimum absolute atomic E-state index is 0.505. The van der Waals surface area contributed by atoms with Crippen LogP contribution in [-0.4, -0.2) is 26.2 Å². The average Bonchev–Trinajstić information content (AvgIpc) is 2.83. The highest BCUT2D eigenvalue weighted by Crippen LogP contribution is 2.20. The third-order valence-electron chi connectivity index (χ3n) is 3.94. The van der Waals surface area contributed by atoms with E-state index in [1.165, 1.54) is 38.5 Å². The van der Waals surface area contributed by atoms with Gasteiger partial charge in [0.2, 0.25) is 5.95 Å². The molecule has 2 N–H and O–H groups in total. The Bertz CT molecular complexity index is 566. The zero-order valence-corrected chi connectivity index (χ0v) is 12.7. The van der Waals surface area contributed by atoms with Gasteiger partial charge in [-0.25, -0.2) is 0 Å². The highest BCUT2D eigenvalue weighted by atomic mass is 15.3. The molecule has 3 rings (SSSR count). The van der Waals surface area contributed by atoms with Gasteiger partial charge in [-0.3, -0.25) is 4.98 Å². The Morgan fingerprint density at radius 2 is 1.95 bits per heavy atom. The lowest BCUT2D eigenvalue weighted by Gasteiger charge is -2.16. The highest BCUT2D eigenvalue weighted by molar-refractivity contribution is 5.38. The van der Waals surface area contributed by atoms with E-state index in [-0.39, 0.29) is 0 Å². The van der Waals surface area contributed by atoms with E-state index in [9.17, 15) is 0 Å². The summed E-state index contributed by atoms with van der Waals surface area (Å²) in [6.45, 7) is 0.641. The smallest absolute Gasteiger partial charge is 0.244 e. The molecule has 116 valence electrons. The van der Waals surface area contributed by atoms with Crippen LogP contribution < -0.4 is 10.6 Å². The second kappa shape index (κ2) is 7.68. The van der Waals surface area contributed by atoms with Crippen LogP contribution in [0, 0.1) is 0 Å². The molecule has 0 amide bonds. The molecule has 1 fully saturated rings. The summed E-state index contributed by atoms with van der Waals surface area (Å²) in [5.41, 5.74) is 1.09. The molecule has 0 unspecified atom stereocenters. The lowest BCUT2D eigenvalue weighted by Crippen LogP contribution is -2.19. The van der Waals surface area contributed by atoms with Crippen molar-refractivity contribution < 1.29 is 0 Å². The predicted octanol–water partition coefficient (Wildman–Crippen LogP) is 3.01. The van der Waals surface area contributed by atoms with Gasteiger partial charge in [-0.15, -0.1) is 5.10 Å². The third kappa shape index (κ3) is 4.38. The Balaban J connectivity index is 1.57. The van der Waals surface area contributed by atoms with Crippen molar-refractivity contribution in [1.82, 2.24) is 20.2 Å². The van der Waals surface area contributed by atoms with Crippen molar-refractivity contribution >= 4 is 11.8 Å². The molecule has 2 heterocycles. The normalized spacial score (nSPS) is 16.0. The molecule has 22 heavy (non-hydrogen) atoms. The summed E-state index contributed by atoms with van der Waals surface area (Å²) in [6, 6.07) is 4.44. The number of pyridine rings is 1. The van der Waals surface area contributed by atoms with Gasteiger partial charge in [0.15, 0.2) is 5.82 Å². The largest absolute Gasteiger partial charge is 0.366 e. The van der Waals surface area contributed by atoms with Crippen molar-refractivity contribution in [2.75, 3.05) is 10.6 Å². The first kappa shape index (κ1) is 14.7. The quantitative estimate of drug-likeness (QED) is 0.826. The van der Waals surface area contributed by atoms with Crippen molar-refractivity contribution in [3.8, 4) is 0 Å². The van der Waals surface area contributed by atoms with Gasteiger partial charge in [0.25, 0.3) is 0 Å². The summed E-state index contributed by atoms with van der Waals surface area (Å²) in [6.07, 6.45) is 13.0. The lowest BCUT2D eigenvalue weighted by molar-refractivity contribution is 0.616. The van der Waals surface area contributed by atoms with E-state index in [2.05, 4.69) is 30.8 Å². The van der Waals surface area contributed by atoms with Crippen LogP contribution in [0.25, 0.3) is 0 Å². The number of aromatic nitrogens is 4. The van der Waals surface area contributed by atoms with Crippen LogP contribution in [0.15, 0.2) is 30.7 Å². The molecule has 0 spiro atoms. The number of nitrogens with zero attached hydrogens (tertiary/aromatic N) is 4. The van der Waals surface area contributed by atoms with Crippen LogP contribution in [-0.2, 0) is 6.54 Å². The molecule has 0 radical (unpaired) electrons. The first-order valence-corrected chi connectivity index (χ1v) is 7.99. The van der Waals surface area contributed by atoms with Crippen LogP contribution in [0.3, 0.4) is 0 Å². The summed E-state index contributed by atoms with van der Waals surface area (Å²) in [5.74, 6) is 1.35. The summed E-state index contributed by atoms with van der Waals surface area (Å²) in [5, 5.41) is 14.7. The van der Waals surface area contributed by atoms with Crippen molar-refractivity contribution in [3.63, 3.8) is 0 Å². The van der Waals surface area contributed by atoms with Crippen LogP contribution in [0.4, 0.5) is 11.8 Å². The number of hydrogen-bond acceptors (Lipinski definition) is 6. The van der Waals surface area contributed by atoms with Gasteiger partial charge in [0.1, 0.15) is 0 Å². The molecule has 0 atom stereocenters. The fraction of sp³-hybridized carbons (Fsp3) is 0.500. The Kier molecular flexibility index (Phi) is 5.13. The van der Waals surface area contributed by atoms with Gasteiger partial charge in [-0.2, -0.15) is 10.1 Å². The van der Waals surface area contributed by atoms with Gasteiger partial charge >= 0.3 is 0 Å². The number of hydrogen-bond donors (Lipinski definition) is 2. The number of rotatable bonds is 5. The molecule has 0 aromatic carbocycles. The van der Waals surface area contributed by atoms with Crippen LogP contribution >= 0.6 is 0 Å². The molecule has 0 bridgehead atoms. The fourth-order valence-electron chi connectivity index (χ4n) is 2.76. The molecule has 0 saturated heterocycles. The van der Waals surface area contributed by atoms with Crippen LogP contribution in [0.5, 0.6) is 0 Å².